The van der Waals surface area contributed by atoms with Crippen LogP contribution in [0, 0.1) is 0 Å². The number of amides is 1. The third-order valence-electron chi connectivity index (χ3n) is 4.44. The molecule has 110 valence electrons. The van der Waals surface area contributed by atoms with Crippen molar-refractivity contribution in [2.75, 3.05) is 19.3 Å². The largest absolute Gasteiger partial charge is 0.337 e. The summed E-state index contributed by atoms with van der Waals surface area (Å²) >= 11 is 0. The van der Waals surface area contributed by atoms with Crippen molar-refractivity contribution in [1.29, 1.82) is 0 Å². The van der Waals surface area contributed by atoms with Gasteiger partial charge in [-0.15, -0.1) is 0 Å². The van der Waals surface area contributed by atoms with Crippen LogP contribution in [0.4, 0.5) is 0 Å². The van der Waals surface area contributed by atoms with Gasteiger partial charge in [0.05, 0.1) is 17.0 Å². The number of sulfone groups is 1. The molecule has 2 saturated heterocycles. The zero-order valence-electron chi connectivity index (χ0n) is 11.8. The van der Waals surface area contributed by atoms with Crippen LogP contribution in [0.3, 0.4) is 0 Å². The van der Waals surface area contributed by atoms with Crippen molar-refractivity contribution < 1.29 is 13.2 Å². The molecule has 3 unspecified atom stereocenters. The summed E-state index contributed by atoms with van der Waals surface area (Å²) in [5, 5.41) is 2.70. The maximum absolute atomic E-state index is 12.5. The van der Waals surface area contributed by atoms with Gasteiger partial charge in [-0.2, -0.15) is 0 Å². The Morgan fingerprint density at radius 1 is 1.26 bits per heavy atom. The molecule has 0 aromatic heterocycles. The van der Waals surface area contributed by atoms with Crippen molar-refractivity contribution in [3.05, 3.63) is 0 Å². The van der Waals surface area contributed by atoms with E-state index in [2.05, 4.69) is 5.32 Å². The predicted octanol–water partition coefficient (Wildman–Crippen LogP) is 0.553. The number of hydrogen-bond acceptors (Lipinski definition) is 4. The summed E-state index contributed by atoms with van der Waals surface area (Å²) in [5.41, 5.74) is 0. The Labute approximate surface area is 115 Å². The lowest BCUT2D eigenvalue weighted by Gasteiger charge is -2.31. The molecule has 2 aliphatic heterocycles. The van der Waals surface area contributed by atoms with E-state index in [0.29, 0.717) is 13.0 Å². The normalized spacial score (nSPS) is 35.4. The fourth-order valence-corrected chi connectivity index (χ4v) is 4.95. The molecule has 2 rings (SSSR count). The van der Waals surface area contributed by atoms with Gasteiger partial charge in [0.15, 0.2) is 9.84 Å². The molecule has 0 radical (unpaired) electrons. The van der Waals surface area contributed by atoms with Crippen LogP contribution in [-0.4, -0.2) is 55.9 Å². The zero-order chi connectivity index (χ0) is 14.0. The molecule has 1 N–H and O–H groups in total. The Bertz CT molecular complexity index is 435. The number of carbonyl (C=O) groups excluding carboxylic acids is 1. The average molecular weight is 288 g/mol. The van der Waals surface area contributed by atoms with Crippen molar-refractivity contribution >= 4 is 15.7 Å². The van der Waals surface area contributed by atoms with Crippen LogP contribution in [0.5, 0.6) is 0 Å². The summed E-state index contributed by atoms with van der Waals surface area (Å²) in [5.74, 6) is 0.346. The Hall–Kier alpha value is -0.620. The molecule has 0 bridgehead atoms. The molecule has 0 saturated carbocycles. The monoisotopic (exact) mass is 288 g/mol. The Kier molecular flexibility index (Phi) is 4.50. The quantitative estimate of drug-likeness (QED) is 0.824. The number of nitrogens with zero attached hydrogens (tertiary/aromatic N) is 1. The molecule has 2 aliphatic rings. The summed E-state index contributed by atoms with van der Waals surface area (Å²) in [4.78, 5) is 14.2. The van der Waals surface area contributed by atoms with Crippen molar-refractivity contribution in [1.82, 2.24) is 10.2 Å². The van der Waals surface area contributed by atoms with Gasteiger partial charge in [-0.1, -0.05) is 0 Å². The minimum Gasteiger partial charge on any atom is -0.337 e. The van der Waals surface area contributed by atoms with E-state index in [1.807, 2.05) is 6.92 Å². The Morgan fingerprint density at radius 2 is 2.00 bits per heavy atom. The number of likely N-dealkylation sites (tertiary alicyclic amines) is 1. The maximum atomic E-state index is 12.5. The second kappa shape index (κ2) is 5.79. The van der Waals surface area contributed by atoms with Crippen LogP contribution in [0.15, 0.2) is 0 Å². The van der Waals surface area contributed by atoms with E-state index in [-0.39, 0.29) is 29.0 Å². The highest BCUT2D eigenvalue weighted by molar-refractivity contribution is 7.92. The zero-order valence-corrected chi connectivity index (χ0v) is 12.6. The van der Waals surface area contributed by atoms with Crippen LogP contribution < -0.4 is 5.32 Å². The molecule has 6 heteroatoms. The summed E-state index contributed by atoms with van der Waals surface area (Å²) < 4.78 is 23.9. The molecule has 2 fully saturated rings. The molecule has 0 aliphatic carbocycles. The number of carbonyl (C=O) groups is 1. The molecule has 1 amide bonds. The highest BCUT2D eigenvalue weighted by Crippen LogP contribution is 2.25. The lowest BCUT2D eigenvalue weighted by atomic mass is 10.1. The van der Waals surface area contributed by atoms with Gasteiger partial charge < -0.3 is 10.2 Å². The van der Waals surface area contributed by atoms with Crippen molar-refractivity contribution in [2.24, 2.45) is 0 Å². The molecule has 0 aromatic rings. The van der Waals surface area contributed by atoms with Crippen LogP contribution >= 0.6 is 0 Å². The van der Waals surface area contributed by atoms with Crippen LogP contribution in [0.1, 0.15) is 39.0 Å². The topological polar surface area (TPSA) is 66.5 Å². The molecule has 5 nitrogen and oxygen atoms in total. The molecular formula is C13H24N2O3S. The first-order valence-electron chi connectivity index (χ1n) is 7.15. The van der Waals surface area contributed by atoms with Gasteiger partial charge in [0.1, 0.15) is 0 Å². The third-order valence-corrected chi connectivity index (χ3v) is 6.70. The van der Waals surface area contributed by atoms with Crippen LogP contribution in [0.25, 0.3) is 0 Å². The molecule has 0 aromatic carbocycles. The first-order valence-corrected chi connectivity index (χ1v) is 8.86. The fourth-order valence-electron chi connectivity index (χ4n) is 3.13. The molecule has 19 heavy (non-hydrogen) atoms. The highest BCUT2D eigenvalue weighted by Gasteiger charge is 2.37. The van der Waals surface area contributed by atoms with Gasteiger partial charge >= 0.3 is 0 Å². The number of hydrogen-bond donors (Lipinski definition) is 1. The summed E-state index contributed by atoms with van der Waals surface area (Å²) in [6, 6.07) is -0.0179. The molecular weight excluding hydrogens is 264 g/mol. The van der Waals surface area contributed by atoms with Crippen LogP contribution in [0.2, 0.25) is 0 Å². The third kappa shape index (κ3) is 3.11. The van der Waals surface area contributed by atoms with E-state index >= 15 is 0 Å². The van der Waals surface area contributed by atoms with Gasteiger partial charge in [-0.05, 0) is 46.1 Å². The Balaban J connectivity index is 2.13. The van der Waals surface area contributed by atoms with E-state index in [9.17, 15) is 13.2 Å². The smallest absolute Gasteiger partial charge is 0.239 e. The fraction of sp³-hybridized carbons (Fsp3) is 0.923. The highest BCUT2D eigenvalue weighted by atomic mass is 32.2. The molecule has 3 atom stereocenters. The lowest BCUT2D eigenvalue weighted by Crippen LogP contribution is -2.50. The predicted molar refractivity (Wildman–Crippen MR) is 74.7 cm³/mol. The van der Waals surface area contributed by atoms with Gasteiger partial charge in [0, 0.05) is 12.6 Å². The minimum absolute atomic E-state index is 0.0644. The van der Waals surface area contributed by atoms with E-state index < -0.39 is 9.84 Å². The van der Waals surface area contributed by atoms with E-state index in [4.69, 9.17) is 0 Å². The van der Waals surface area contributed by atoms with Crippen molar-refractivity contribution in [3.8, 4) is 0 Å². The van der Waals surface area contributed by atoms with Gasteiger partial charge in [-0.3, -0.25) is 4.79 Å². The first-order chi connectivity index (χ1) is 8.95. The second-order valence-corrected chi connectivity index (χ2v) is 8.14. The summed E-state index contributed by atoms with van der Waals surface area (Å²) in [7, 11) is -1.19. The van der Waals surface area contributed by atoms with Gasteiger partial charge in [-0.25, -0.2) is 8.42 Å². The van der Waals surface area contributed by atoms with E-state index in [0.717, 1.165) is 25.7 Å². The Morgan fingerprint density at radius 3 is 2.58 bits per heavy atom. The van der Waals surface area contributed by atoms with E-state index in [1.165, 1.54) is 0 Å². The summed E-state index contributed by atoms with van der Waals surface area (Å²) in [6.45, 7) is 2.40. The summed E-state index contributed by atoms with van der Waals surface area (Å²) in [6.07, 6.45) is 4.23. The number of likely N-dealkylation sites (N-methyl/N-ethyl adjacent to an activating group) is 1. The van der Waals surface area contributed by atoms with Crippen LogP contribution in [-0.2, 0) is 14.6 Å². The number of rotatable bonds is 3. The van der Waals surface area contributed by atoms with Crippen molar-refractivity contribution in [2.45, 2.75) is 56.4 Å². The van der Waals surface area contributed by atoms with Crippen molar-refractivity contribution in [3.63, 3.8) is 0 Å². The van der Waals surface area contributed by atoms with Gasteiger partial charge in [0.2, 0.25) is 5.91 Å². The first kappa shape index (κ1) is 14.8. The second-order valence-electron chi connectivity index (χ2n) is 5.74. The molecule has 2 heterocycles. The van der Waals surface area contributed by atoms with E-state index in [1.54, 1.807) is 11.9 Å². The lowest BCUT2D eigenvalue weighted by molar-refractivity contribution is -0.134. The standard InChI is InChI=1S/C13H24N2O3S/c1-10-5-3-7-12(14-2)13(16)15(10)9-11-6-4-8-19(11,17)18/h10-12,14H,3-9H2,1-2H3. The minimum atomic E-state index is -2.98. The molecule has 0 spiro atoms. The average Bonchev–Trinajstić information content (AvgIpc) is 2.62. The maximum Gasteiger partial charge on any atom is 0.239 e. The number of nitrogens with one attached hydrogen (secondary N) is 1. The SMILES string of the molecule is CNC1CCCC(C)N(CC2CCCS2(=O)=O)C1=O. The van der Waals surface area contributed by atoms with Gasteiger partial charge in [0.25, 0.3) is 0 Å².